The summed E-state index contributed by atoms with van der Waals surface area (Å²) in [6, 6.07) is 4.30. The van der Waals surface area contributed by atoms with Gasteiger partial charge in [-0.05, 0) is 53.8 Å². The largest absolute Gasteiger partial charge is 0.490 e. The lowest BCUT2D eigenvalue weighted by molar-refractivity contribution is -0.124. The van der Waals surface area contributed by atoms with Crippen LogP contribution < -0.4 is 25.4 Å². The standard InChI is InChI=1S/C20H32N4O5/c1-7-28-15-10-9-14(11-16(15)29-8-2)21-19(27)22-17(25)12-24(6)13-18(26)23-20(3,4)5/h9-11H,7-8,12-13H2,1-6H3,(H,23,26)(H2,21,22,25,27). The third kappa shape index (κ3) is 9.79. The molecule has 0 saturated carbocycles. The summed E-state index contributed by atoms with van der Waals surface area (Å²) in [4.78, 5) is 37.5. The van der Waals surface area contributed by atoms with Crippen molar-refractivity contribution in [1.29, 1.82) is 0 Å². The van der Waals surface area contributed by atoms with Gasteiger partial charge in [-0.3, -0.25) is 19.8 Å². The van der Waals surface area contributed by atoms with Crippen LogP contribution in [0.5, 0.6) is 11.5 Å². The number of ether oxygens (including phenoxy) is 2. The molecule has 1 rings (SSSR count). The Kier molecular flexibility index (Phi) is 9.40. The van der Waals surface area contributed by atoms with Crippen molar-refractivity contribution >= 4 is 23.5 Å². The monoisotopic (exact) mass is 408 g/mol. The van der Waals surface area contributed by atoms with Crippen molar-refractivity contribution in [2.24, 2.45) is 0 Å². The molecule has 9 nitrogen and oxygen atoms in total. The van der Waals surface area contributed by atoms with Gasteiger partial charge in [0, 0.05) is 17.3 Å². The van der Waals surface area contributed by atoms with Gasteiger partial charge in [-0.25, -0.2) is 4.79 Å². The average molecular weight is 408 g/mol. The van der Waals surface area contributed by atoms with Gasteiger partial charge in [0.2, 0.25) is 11.8 Å². The van der Waals surface area contributed by atoms with E-state index < -0.39 is 11.9 Å². The van der Waals surface area contributed by atoms with E-state index in [2.05, 4.69) is 16.0 Å². The zero-order valence-corrected chi connectivity index (χ0v) is 18.0. The zero-order chi connectivity index (χ0) is 22.0. The van der Waals surface area contributed by atoms with Crippen molar-refractivity contribution in [1.82, 2.24) is 15.5 Å². The highest BCUT2D eigenvalue weighted by molar-refractivity contribution is 6.02. The molecule has 1 aromatic carbocycles. The van der Waals surface area contributed by atoms with Crippen molar-refractivity contribution < 1.29 is 23.9 Å². The Morgan fingerprint density at radius 1 is 0.966 bits per heavy atom. The fraction of sp³-hybridized carbons (Fsp3) is 0.550. The maximum Gasteiger partial charge on any atom is 0.325 e. The number of nitrogens with zero attached hydrogens (tertiary/aromatic N) is 1. The normalized spacial score (nSPS) is 11.0. The molecular weight excluding hydrogens is 376 g/mol. The average Bonchev–Trinajstić information content (AvgIpc) is 2.55. The van der Waals surface area contributed by atoms with Crippen LogP contribution in [0.1, 0.15) is 34.6 Å². The molecule has 0 fully saturated rings. The van der Waals surface area contributed by atoms with Crippen LogP contribution in [0.25, 0.3) is 0 Å². The van der Waals surface area contributed by atoms with Crippen LogP contribution in [0.4, 0.5) is 10.5 Å². The third-order valence-corrected chi connectivity index (χ3v) is 3.40. The Hall–Kier alpha value is -2.81. The predicted octanol–water partition coefficient (Wildman–Crippen LogP) is 1.98. The fourth-order valence-corrected chi connectivity index (χ4v) is 2.46. The number of amides is 4. The lowest BCUT2D eigenvalue weighted by Crippen LogP contribution is -2.47. The Bertz CT molecular complexity index is 715. The summed E-state index contributed by atoms with van der Waals surface area (Å²) in [5.74, 6) is 0.356. The molecule has 29 heavy (non-hydrogen) atoms. The number of hydrogen-bond acceptors (Lipinski definition) is 6. The minimum atomic E-state index is -0.672. The smallest absolute Gasteiger partial charge is 0.325 e. The molecule has 0 radical (unpaired) electrons. The molecule has 0 bridgehead atoms. The maximum absolute atomic E-state index is 12.1. The maximum atomic E-state index is 12.1. The second-order valence-electron chi connectivity index (χ2n) is 7.50. The number of imide groups is 1. The second-order valence-corrected chi connectivity index (χ2v) is 7.50. The first-order valence-corrected chi connectivity index (χ1v) is 9.54. The molecule has 0 aromatic heterocycles. The second kappa shape index (κ2) is 11.3. The van der Waals surface area contributed by atoms with Crippen molar-refractivity contribution in [3.8, 4) is 11.5 Å². The highest BCUT2D eigenvalue weighted by Gasteiger charge is 2.17. The minimum absolute atomic E-state index is 0.0446. The van der Waals surface area contributed by atoms with Gasteiger partial charge in [-0.2, -0.15) is 0 Å². The van der Waals surface area contributed by atoms with Gasteiger partial charge >= 0.3 is 6.03 Å². The van der Waals surface area contributed by atoms with Crippen molar-refractivity contribution in [3.63, 3.8) is 0 Å². The van der Waals surface area contributed by atoms with E-state index in [4.69, 9.17) is 9.47 Å². The van der Waals surface area contributed by atoms with Gasteiger partial charge in [0.25, 0.3) is 0 Å². The molecule has 0 aliphatic heterocycles. The van der Waals surface area contributed by atoms with E-state index in [0.29, 0.717) is 30.4 Å². The molecule has 0 heterocycles. The molecule has 4 amide bonds. The van der Waals surface area contributed by atoms with Gasteiger partial charge in [0.05, 0.1) is 26.3 Å². The van der Waals surface area contributed by atoms with Crippen LogP contribution in [0, 0.1) is 0 Å². The Balaban J connectivity index is 2.56. The highest BCUT2D eigenvalue weighted by atomic mass is 16.5. The van der Waals surface area contributed by atoms with Crippen LogP contribution in [0.15, 0.2) is 18.2 Å². The van der Waals surface area contributed by atoms with E-state index in [0.717, 1.165) is 0 Å². The summed E-state index contributed by atoms with van der Waals surface area (Å²) in [7, 11) is 1.63. The van der Waals surface area contributed by atoms with Gasteiger partial charge < -0.3 is 20.1 Å². The lowest BCUT2D eigenvalue weighted by Gasteiger charge is -2.23. The van der Waals surface area contributed by atoms with Crippen molar-refractivity contribution in [2.45, 2.75) is 40.2 Å². The molecule has 0 unspecified atom stereocenters. The number of rotatable bonds is 9. The fourth-order valence-electron chi connectivity index (χ4n) is 2.46. The van der Waals surface area contributed by atoms with E-state index in [1.54, 1.807) is 25.2 Å². The molecule has 0 aliphatic rings. The molecule has 0 spiro atoms. The number of benzene rings is 1. The number of hydrogen-bond donors (Lipinski definition) is 3. The molecule has 0 atom stereocenters. The molecule has 162 valence electrons. The molecule has 0 saturated heterocycles. The van der Waals surface area contributed by atoms with Crippen LogP contribution in [-0.4, -0.2) is 61.6 Å². The summed E-state index contributed by atoms with van der Waals surface area (Å²) in [5.41, 5.74) is 0.109. The SMILES string of the molecule is CCOc1ccc(NC(=O)NC(=O)CN(C)CC(=O)NC(C)(C)C)cc1OCC. The summed E-state index contributed by atoms with van der Waals surface area (Å²) in [6.07, 6.45) is 0. The van der Waals surface area contributed by atoms with Crippen molar-refractivity contribution in [2.75, 3.05) is 38.7 Å². The van der Waals surface area contributed by atoms with E-state index in [9.17, 15) is 14.4 Å². The predicted molar refractivity (Wildman–Crippen MR) is 111 cm³/mol. The van der Waals surface area contributed by atoms with E-state index in [-0.39, 0.29) is 24.5 Å². The summed E-state index contributed by atoms with van der Waals surface area (Å²) in [6.45, 7) is 10.2. The molecular formula is C20H32N4O5. The number of urea groups is 1. The third-order valence-electron chi connectivity index (χ3n) is 3.40. The van der Waals surface area contributed by atoms with E-state index in [1.165, 1.54) is 4.90 Å². The zero-order valence-electron chi connectivity index (χ0n) is 18.0. The van der Waals surface area contributed by atoms with Crippen LogP contribution >= 0.6 is 0 Å². The van der Waals surface area contributed by atoms with Crippen molar-refractivity contribution in [3.05, 3.63) is 18.2 Å². The number of carbonyl (C=O) groups is 3. The van der Waals surface area contributed by atoms with E-state index in [1.807, 2.05) is 34.6 Å². The first kappa shape index (κ1) is 24.2. The Morgan fingerprint density at radius 2 is 1.55 bits per heavy atom. The molecule has 0 aliphatic carbocycles. The summed E-state index contributed by atoms with van der Waals surface area (Å²) < 4.78 is 11.0. The lowest BCUT2D eigenvalue weighted by atomic mass is 10.1. The quantitative estimate of drug-likeness (QED) is 0.576. The van der Waals surface area contributed by atoms with Crippen LogP contribution in [0.3, 0.4) is 0 Å². The van der Waals surface area contributed by atoms with E-state index >= 15 is 0 Å². The number of nitrogens with one attached hydrogen (secondary N) is 3. The minimum Gasteiger partial charge on any atom is -0.490 e. The topological polar surface area (TPSA) is 109 Å². The Morgan fingerprint density at radius 3 is 2.14 bits per heavy atom. The first-order valence-electron chi connectivity index (χ1n) is 9.54. The van der Waals surface area contributed by atoms with Gasteiger partial charge in [-0.15, -0.1) is 0 Å². The van der Waals surface area contributed by atoms with Gasteiger partial charge in [0.1, 0.15) is 0 Å². The number of likely N-dealkylation sites (N-methyl/N-ethyl adjacent to an activating group) is 1. The van der Waals surface area contributed by atoms with Gasteiger partial charge in [-0.1, -0.05) is 0 Å². The highest BCUT2D eigenvalue weighted by Crippen LogP contribution is 2.30. The van der Waals surface area contributed by atoms with Gasteiger partial charge in [0.15, 0.2) is 11.5 Å². The van der Waals surface area contributed by atoms with Crippen LogP contribution in [0.2, 0.25) is 0 Å². The number of carbonyl (C=O) groups excluding carboxylic acids is 3. The Labute approximate surface area is 172 Å². The molecule has 1 aromatic rings. The summed E-state index contributed by atoms with van der Waals surface area (Å²) >= 11 is 0. The summed E-state index contributed by atoms with van der Waals surface area (Å²) in [5, 5.41) is 7.63. The first-order chi connectivity index (χ1) is 13.5. The molecule has 3 N–H and O–H groups in total. The number of anilines is 1. The van der Waals surface area contributed by atoms with Crippen LogP contribution in [-0.2, 0) is 9.59 Å². The molecule has 9 heteroatoms.